The van der Waals surface area contributed by atoms with E-state index in [4.69, 9.17) is 4.42 Å². The number of aromatic nitrogens is 4. The van der Waals surface area contributed by atoms with Crippen molar-refractivity contribution in [3.63, 3.8) is 0 Å². The highest BCUT2D eigenvalue weighted by atomic mass is 19.1. The number of carbonyl (C=O) groups excluding carboxylic acids is 1. The molecule has 174 valence electrons. The smallest absolute Gasteiger partial charge is 0.279 e. The molecule has 3 aromatic heterocycles. The first-order chi connectivity index (χ1) is 16.5. The first kappa shape index (κ1) is 22.1. The number of nitrogens with one attached hydrogen (secondary N) is 1. The first-order valence-corrected chi connectivity index (χ1v) is 11.3. The summed E-state index contributed by atoms with van der Waals surface area (Å²) in [5.41, 5.74) is 2.22. The summed E-state index contributed by atoms with van der Waals surface area (Å²) >= 11 is 0. The number of hydrogen-bond acceptors (Lipinski definition) is 7. The zero-order valence-corrected chi connectivity index (χ0v) is 19.0. The Morgan fingerprint density at radius 3 is 2.71 bits per heavy atom. The van der Waals surface area contributed by atoms with Crippen LogP contribution in [0, 0.1) is 5.82 Å². The number of anilines is 1. The van der Waals surface area contributed by atoms with Crippen LogP contribution in [0.1, 0.15) is 49.0 Å². The van der Waals surface area contributed by atoms with E-state index in [0.717, 1.165) is 43.1 Å². The molecule has 8 nitrogen and oxygen atoms in total. The van der Waals surface area contributed by atoms with Gasteiger partial charge in [0.1, 0.15) is 12.1 Å². The van der Waals surface area contributed by atoms with E-state index in [0.29, 0.717) is 23.0 Å². The van der Waals surface area contributed by atoms with Crippen LogP contribution in [-0.4, -0.2) is 49.9 Å². The lowest BCUT2D eigenvalue weighted by molar-refractivity contribution is 0.102. The van der Waals surface area contributed by atoms with Crippen LogP contribution >= 0.6 is 0 Å². The monoisotopic (exact) mass is 460 g/mol. The highest BCUT2D eigenvalue weighted by Crippen LogP contribution is 2.28. The predicted molar refractivity (Wildman–Crippen MR) is 126 cm³/mol. The lowest BCUT2D eigenvalue weighted by Crippen LogP contribution is -2.37. The van der Waals surface area contributed by atoms with Gasteiger partial charge in [-0.1, -0.05) is 12.1 Å². The molecule has 1 aliphatic heterocycles. The number of amides is 1. The molecule has 34 heavy (non-hydrogen) atoms. The molecule has 4 aromatic rings. The number of likely N-dealkylation sites (tertiary alicyclic amines) is 1. The van der Waals surface area contributed by atoms with E-state index in [1.165, 1.54) is 12.3 Å². The molecule has 1 N–H and O–H groups in total. The second-order valence-corrected chi connectivity index (χ2v) is 8.79. The zero-order chi connectivity index (χ0) is 23.7. The lowest BCUT2D eigenvalue weighted by Gasteiger charge is -2.33. The molecular weight excluding hydrogens is 435 g/mol. The van der Waals surface area contributed by atoms with Gasteiger partial charge in [0.25, 0.3) is 5.91 Å². The van der Waals surface area contributed by atoms with Crippen molar-refractivity contribution in [3.05, 3.63) is 66.5 Å². The van der Waals surface area contributed by atoms with E-state index < -0.39 is 11.7 Å². The van der Waals surface area contributed by atoms with Crippen molar-refractivity contribution in [2.24, 2.45) is 0 Å². The Hall–Kier alpha value is -3.72. The van der Waals surface area contributed by atoms with Gasteiger partial charge in [0.2, 0.25) is 5.95 Å². The summed E-state index contributed by atoms with van der Waals surface area (Å²) in [6.07, 6.45) is 7.67. The van der Waals surface area contributed by atoms with Crippen molar-refractivity contribution in [1.29, 1.82) is 0 Å². The topological polar surface area (TPSA) is 97.0 Å². The number of carbonyl (C=O) groups is 1. The van der Waals surface area contributed by atoms with Crippen molar-refractivity contribution in [3.8, 4) is 11.1 Å². The largest absolute Gasteiger partial charge is 0.448 e. The highest BCUT2D eigenvalue weighted by molar-refractivity contribution is 6.02. The fourth-order valence-corrected chi connectivity index (χ4v) is 4.24. The van der Waals surface area contributed by atoms with Crippen molar-refractivity contribution in [1.82, 2.24) is 24.8 Å². The van der Waals surface area contributed by atoms with Crippen LogP contribution in [0.15, 0.2) is 53.5 Å². The molecule has 0 saturated carbocycles. The summed E-state index contributed by atoms with van der Waals surface area (Å²) in [7, 11) is 0. The molecule has 1 aliphatic rings. The first-order valence-electron chi connectivity index (χ1n) is 11.3. The van der Waals surface area contributed by atoms with Gasteiger partial charge in [0, 0.05) is 35.3 Å². The average Bonchev–Trinajstić information content (AvgIpc) is 3.34. The van der Waals surface area contributed by atoms with Crippen LogP contribution in [0.3, 0.4) is 0 Å². The quantitative estimate of drug-likeness (QED) is 0.463. The van der Waals surface area contributed by atoms with Crippen LogP contribution in [0.4, 0.5) is 10.3 Å². The van der Waals surface area contributed by atoms with Crippen molar-refractivity contribution in [2.75, 3.05) is 18.4 Å². The molecule has 1 fully saturated rings. The molecule has 1 aromatic carbocycles. The Kier molecular flexibility index (Phi) is 6.02. The van der Waals surface area contributed by atoms with Gasteiger partial charge < -0.3 is 9.32 Å². The number of hydrogen-bond donors (Lipinski definition) is 1. The minimum absolute atomic E-state index is 0.154. The molecule has 0 bridgehead atoms. The molecule has 4 heterocycles. The molecule has 0 atom stereocenters. The number of pyridine rings is 1. The van der Waals surface area contributed by atoms with Crippen LogP contribution in [-0.2, 0) is 0 Å². The Morgan fingerprint density at radius 2 is 1.94 bits per heavy atom. The Balaban J connectivity index is 1.30. The Bertz CT molecular complexity index is 1330. The van der Waals surface area contributed by atoms with Gasteiger partial charge >= 0.3 is 0 Å². The number of fused-ring (bicyclic) bond motifs is 1. The van der Waals surface area contributed by atoms with Gasteiger partial charge in [-0.3, -0.25) is 15.1 Å². The number of halogens is 1. The van der Waals surface area contributed by atoms with Crippen LogP contribution in [0.25, 0.3) is 22.0 Å². The minimum Gasteiger partial charge on any atom is -0.448 e. The second-order valence-electron chi connectivity index (χ2n) is 8.79. The maximum absolute atomic E-state index is 13.6. The predicted octanol–water partition coefficient (Wildman–Crippen LogP) is 4.66. The van der Waals surface area contributed by atoms with E-state index in [9.17, 15) is 9.18 Å². The average molecular weight is 461 g/mol. The van der Waals surface area contributed by atoms with Crippen molar-refractivity contribution >= 4 is 22.8 Å². The van der Waals surface area contributed by atoms with Gasteiger partial charge in [-0.2, -0.15) is 0 Å². The van der Waals surface area contributed by atoms with Crippen LogP contribution < -0.4 is 5.32 Å². The molecule has 9 heteroatoms. The number of nitrogens with zero attached hydrogens (tertiary/aromatic N) is 5. The standard InChI is InChI=1S/C25H25FN6O2/c1-15(2)32-7-5-16(6-8-32)24-29-22(14-34-24)23(33)31-25-28-12-18-4-3-17(10-21(18)30-25)19-9-20(26)13-27-11-19/h3-4,9-16H,5-8H2,1-2H3,(H,28,30,31,33). The normalized spacial score (nSPS) is 15.2. The van der Waals surface area contributed by atoms with E-state index in [-0.39, 0.29) is 17.6 Å². The Labute approximate surface area is 196 Å². The molecule has 5 rings (SSSR count). The molecule has 0 spiro atoms. The van der Waals surface area contributed by atoms with E-state index in [2.05, 4.69) is 44.0 Å². The number of rotatable bonds is 5. The number of oxazole rings is 1. The maximum atomic E-state index is 13.6. The number of piperidine rings is 1. The van der Waals surface area contributed by atoms with Crippen molar-refractivity contribution < 1.29 is 13.6 Å². The molecule has 0 unspecified atom stereocenters. The third-order valence-corrected chi connectivity index (χ3v) is 6.21. The van der Waals surface area contributed by atoms with Crippen molar-refractivity contribution in [2.45, 2.75) is 38.6 Å². The fourth-order valence-electron chi connectivity index (χ4n) is 4.24. The maximum Gasteiger partial charge on any atom is 0.279 e. The van der Waals surface area contributed by atoms with E-state index in [1.54, 1.807) is 18.5 Å². The third kappa shape index (κ3) is 4.65. The van der Waals surface area contributed by atoms with E-state index >= 15 is 0 Å². The molecular formula is C25H25FN6O2. The van der Waals surface area contributed by atoms with Crippen LogP contribution in [0.5, 0.6) is 0 Å². The van der Waals surface area contributed by atoms with Gasteiger partial charge in [-0.25, -0.2) is 19.3 Å². The summed E-state index contributed by atoms with van der Waals surface area (Å²) in [5, 5.41) is 3.49. The van der Waals surface area contributed by atoms with Gasteiger partial charge in [-0.15, -0.1) is 0 Å². The number of benzene rings is 1. The summed E-state index contributed by atoms with van der Waals surface area (Å²) in [4.78, 5) is 32.2. The third-order valence-electron chi connectivity index (χ3n) is 6.21. The summed E-state index contributed by atoms with van der Waals surface area (Å²) in [6, 6.07) is 7.43. The van der Waals surface area contributed by atoms with Gasteiger partial charge in [-0.05, 0) is 57.5 Å². The Morgan fingerprint density at radius 1 is 1.12 bits per heavy atom. The molecule has 0 aliphatic carbocycles. The SMILES string of the molecule is CC(C)N1CCC(c2nc(C(=O)Nc3ncc4ccc(-c5cncc(F)c5)cc4n3)co2)CC1. The van der Waals surface area contributed by atoms with Crippen LogP contribution in [0.2, 0.25) is 0 Å². The summed E-state index contributed by atoms with van der Waals surface area (Å²) < 4.78 is 19.2. The minimum atomic E-state index is -0.431. The van der Waals surface area contributed by atoms with Gasteiger partial charge in [0.15, 0.2) is 11.6 Å². The highest BCUT2D eigenvalue weighted by Gasteiger charge is 2.26. The lowest BCUT2D eigenvalue weighted by atomic mass is 9.96. The second kappa shape index (κ2) is 9.26. The summed E-state index contributed by atoms with van der Waals surface area (Å²) in [6.45, 7) is 6.38. The molecule has 0 radical (unpaired) electrons. The fraction of sp³-hybridized carbons (Fsp3) is 0.320. The zero-order valence-electron chi connectivity index (χ0n) is 19.0. The molecule has 1 saturated heterocycles. The van der Waals surface area contributed by atoms with Gasteiger partial charge in [0.05, 0.1) is 11.7 Å². The van der Waals surface area contributed by atoms with E-state index in [1.807, 2.05) is 12.1 Å². The summed E-state index contributed by atoms with van der Waals surface area (Å²) in [5.74, 6) is 0.123. The molecule has 1 amide bonds.